The topological polar surface area (TPSA) is 122 Å². The summed E-state index contributed by atoms with van der Waals surface area (Å²) < 4.78 is 23.3. The summed E-state index contributed by atoms with van der Waals surface area (Å²) in [5.41, 5.74) is 0.886. The van der Waals surface area contributed by atoms with Crippen LogP contribution in [0.1, 0.15) is 51.8 Å². The highest BCUT2D eigenvalue weighted by Crippen LogP contribution is 2.42. The van der Waals surface area contributed by atoms with Gasteiger partial charge in [-0.2, -0.15) is 10.4 Å². The Balaban J connectivity index is 1.48. The maximum atomic E-state index is 13.6. The molecule has 2 fully saturated rings. The minimum atomic E-state index is -2.42. The van der Waals surface area contributed by atoms with Crippen LogP contribution < -0.4 is 0 Å². The van der Waals surface area contributed by atoms with Crippen LogP contribution in [0.4, 0.5) is 0 Å². The molecule has 5 rings (SSSR count). The maximum Gasteiger partial charge on any atom is 0.237 e. The maximum absolute atomic E-state index is 13.6. The van der Waals surface area contributed by atoms with Crippen molar-refractivity contribution in [3.63, 3.8) is 0 Å². The van der Waals surface area contributed by atoms with Crippen molar-refractivity contribution >= 4 is 26.9 Å². The van der Waals surface area contributed by atoms with Gasteiger partial charge < -0.3 is 0 Å². The lowest BCUT2D eigenvalue weighted by molar-refractivity contribution is 0.0747. The number of carbonyl (C=O) groups is 1. The lowest BCUT2D eigenvalue weighted by atomic mass is 9.89. The Kier molecular flexibility index (Phi) is 5.56. The highest BCUT2D eigenvalue weighted by Gasteiger charge is 2.52. The van der Waals surface area contributed by atoms with Crippen LogP contribution in [-0.2, 0) is 15.5 Å². The molecule has 0 aromatic carbocycles. The van der Waals surface area contributed by atoms with Crippen molar-refractivity contribution in [3.8, 4) is 17.3 Å². The largest absolute Gasteiger partial charge is 0.273 e. The van der Waals surface area contributed by atoms with E-state index in [1.54, 1.807) is 17.0 Å². The Morgan fingerprint density at radius 2 is 2.06 bits per heavy atom. The molecule has 3 aromatic rings. The van der Waals surface area contributed by atoms with Crippen molar-refractivity contribution in [2.75, 3.05) is 19.6 Å². The second-order valence-electron chi connectivity index (χ2n) is 10.4. The summed E-state index contributed by atoms with van der Waals surface area (Å²) in [4.78, 5) is 21.7. The third-order valence-corrected chi connectivity index (χ3v) is 9.64. The Labute approximate surface area is 205 Å². The summed E-state index contributed by atoms with van der Waals surface area (Å²) in [6, 6.07) is 4.14. The van der Waals surface area contributed by atoms with Gasteiger partial charge in [-0.25, -0.2) is 22.8 Å². The molecule has 1 aliphatic heterocycles. The molecule has 0 N–H and O–H groups in total. The van der Waals surface area contributed by atoms with Crippen LogP contribution >= 0.6 is 0 Å². The Morgan fingerprint density at radius 1 is 1.31 bits per heavy atom. The first-order chi connectivity index (χ1) is 16.6. The standard InChI is InChI=1S/C24H30N8O2S/c1-5-29-35(34,18-6-7-18)30-14-24(15-30,9-10-25)32-13-17(12-28-32)20-19-8-11-31(21(19)27-16-26-20)22(33)23(2,3)4/h8,11-13,16,18H,5-7,9,14-15H2,1-4H3. The van der Waals surface area contributed by atoms with E-state index in [0.29, 0.717) is 31.0 Å². The van der Waals surface area contributed by atoms with Gasteiger partial charge in [-0.3, -0.25) is 14.0 Å². The van der Waals surface area contributed by atoms with Crippen molar-refractivity contribution < 1.29 is 9.00 Å². The van der Waals surface area contributed by atoms with Gasteiger partial charge >= 0.3 is 0 Å². The predicted molar refractivity (Wildman–Crippen MR) is 133 cm³/mol. The van der Waals surface area contributed by atoms with Crippen molar-refractivity contribution in [1.82, 2.24) is 28.6 Å². The number of hydrogen-bond donors (Lipinski definition) is 0. The summed E-state index contributed by atoms with van der Waals surface area (Å²) in [7, 11) is -2.42. The third-order valence-electron chi connectivity index (χ3n) is 6.68. The molecule has 3 aromatic heterocycles. The van der Waals surface area contributed by atoms with Crippen molar-refractivity contribution in [1.29, 1.82) is 5.26 Å². The van der Waals surface area contributed by atoms with E-state index in [1.807, 2.05) is 48.9 Å². The molecule has 4 heterocycles. The van der Waals surface area contributed by atoms with E-state index in [0.717, 1.165) is 23.8 Å². The Hall–Kier alpha value is -3.10. The smallest absolute Gasteiger partial charge is 0.237 e. The number of rotatable bonds is 6. The van der Waals surface area contributed by atoms with Crippen LogP contribution in [0.15, 0.2) is 35.3 Å². The van der Waals surface area contributed by atoms with E-state index < -0.39 is 20.9 Å². The van der Waals surface area contributed by atoms with Crippen molar-refractivity contribution in [2.45, 2.75) is 57.7 Å². The van der Waals surface area contributed by atoms with E-state index in [2.05, 4.69) is 25.5 Å². The average molecular weight is 495 g/mol. The van der Waals surface area contributed by atoms with Crippen LogP contribution in [0.3, 0.4) is 0 Å². The second-order valence-corrected chi connectivity index (χ2v) is 12.9. The van der Waals surface area contributed by atoms with Gasteiger partial charge in [0.15, 0.2) is 5.65 Å². The summed E-state index contributed by atoms with van der Waals surface area (Å²) >= 11 is 0. The molecule has 35 heavy (non-hydrogen) atoms. The van der Waals surface area contributed by atoms with E-state index in [4.69, 9.17) is 0 Å². The van der Waals surface area contributed by atoms with Gasteiger partial charge in [-0.1, -0.05) is 20.8 Å². The normalized spacial score (nSPS) is 19.6. The monoisotopic (exact) mass is 494 g/mol. The van der Waals surface area contributed by atoms with E-state index in [1.165, 1.54) is 6.33 Å². The fourth-order valence-electron chi connectivity index (χ4n) is 4.65. The molecular weight excluding hydrogens is 464 g/mol. The van der Waals surface area contributed by atoms with E-state index >= 15 is 0 Å². The number of aromatic nitrogens is 5. The van der Waals surface area contributed by atoms with Crippen LogP contribution in [-0.4, -0.2) is 63.6 Å². The molecule has 10 nitrogen and oxygen atoms in total. The molecule has 1 aliphatic carbocycles. The van der Waals surface area contributed by atoms with E-state index in [9.17, 15) is 14.3 Å². The molecule has 1 unspecified atom stereocenters. The first-order valence-corrected chi connectivity index (χ1v) is 13.4. The first-order valence-electron chi connectivity index (χ1n) is 11.9. The van der Waals surface area contributed by atoms with Crippen molar-refractivity contribution in [3.05, 3.63) is 31.0 Å². The van der Waals surface area contributed by atoms with Gasteiger partial charge in [-0.15, -0.1) is 0 Å². The summed E-state index contributed by atoms with van der Waals surface area (Å²) in [5.74, 6) is -0.0490. The fraction of sp³-hybridized carbons (Fsp3) is 0.542. The number of fused-ring (bicyclic) bond motifs is 1. The van der Waals surface area contributed by atoms with Crippen LogP contribution in [0.5, 0.6) is 0 Å². The highest BCUT2D eigenvalue weighted by molar-refractivity contribution is 7.92. The zero-order chi connectivity index (χ0) is 25.0. The molecule has 1 atom stereocenters. The van der Waals surface area contributed by atoms with Gasteiger partial charge in [0.2, 0.25) is 5.91 Å². The van der Waals surface area contributed by atoms with Crippen LogP contribution in [0, 0.1) is 16.7 Å². The molecule has 1 saturated carbocycles. The highest BCUT2D eigenvalue weighted by atomic mass is 32.2. The molecule has 2 aliphatic rings. The zero-order valence-electron chi connectivity index (χ0n) is 20.5. The van der Waals surface area contributed by atoms with Gasteiger partial charge in [0.05, 0.1) is 29.6 Å². The van der Waals surface area contributed by atoms with Gasteiger partial charge in [0.1, 0.15) is 21.8 Å². The lowest BCUT2D eigenvalue weighted by Gasteiger charge is -2.49. The molecule has 11 heteroatoms. The second kappa shape index (κ2) is 8.24. The third kappa shape index (κ3) is 3.85. The predicted octanol–water partition coefficient (Wildman–Crippen LogP) is 3.47. The Bertz CT molecular complexity index is 1450. The average Bonchev–Trinajstić information content (AvgIpc) is 3.38. The quantitative estimate of drug-likeness (QED) is 0.517. The molecule has 1 saturated heterocycles. The SMILES string of the molecule is CCN=S(=O)(C1CC1)N1CC(CC#N)(n2cc(-c3ncnc4c3ccn4C(=O)C(C)(C)C)cn2)C1. The molecule has 0 bridgehead atoms. The molecule has 0 amide bonds. The van der Waals surface area contributed by atoms with Gasteiger partial charge in [0, 0.05) is 48.4 Å². The van der Waals surface area contributed by atoms with Crippen LogP contribution in [0.25, 0.3) is 22.3 Å². The fourth-order valence-corrected chi connectivity index (χ4v) is 7.42. The minimum absolute atomic E-state index is 0.0490. The van der Waals surface area contributed by atoms with Gasteiger partial charge in [0.25, 0.3) is 0 Å². The molecule has 0 radical (unpaired) electrons. The van der Waals surface area contributed by atoms with Crippen molar-refractivity contribution in [2.24, 2.45) is 9.78 Å². The number of nitrogens with zero attached hydrogens (tertiary/aromatic N) is 8. The summed E-state index contributed by atoms with van der Waals surface area (Å²) in [6.07, 6.45) is 8.93. The number of carbonyl (C=O) groups excluding carboxylic acids is 1. The minimum Gasteiger partial charge on any atom is -0.273 e. The summed E-state index contributed by atoms with van der Waals surface area (Å²) in [6.45, 7) is 8.99. The summed E-state index contributed by atoms with van der Waals surface area (Å²) in [5, 5.41) is 15.1. The lowest BCUT2D eigenvalue weighted by Crippen LogP contribution is -2.64. The number of nitriles is 1. The number of hydrogen-bond acceptors (Lipinski definition) is 7. The van der Waals surface area contributed by atoms with E-state index in [-0.39, 0.29) is 17.6 Å². The first kappa shape index (κ1) is 23.6. The van der Waals surface area contributed by atoms with Crippen LogP contribution in [0.2, 0.25) is 0 Å². The molecule has 0 spiro atoms. The zero-order valence-corrected chi connectivity index (χ0v) is 21.3. The Morgan fingerprint density at radius 3 is 2.69 bits per heavy atom. The molecule has 184 valence electrons. The molecular formula is C24H30N8O2S. The van der Waals surface area contributed by atoms with Gasteiger partial charge in [-0.05, 0) is 25.8 Å².